The average molecular weight is 358 g/mol. The third-order valence-electron chi connectivity index (χ3n) is 3.53. The van der Waals surface area contributed by atoms with Crippen LogP contribution in [-0.4, -0.2) is 39.2 Å². The molecule has 0 spiro atoms. The maximum Gasteiger partial charge on any atom is 0.338 e. The molecule has 0 saturated carbocycles. The molecule has 0 radical (unpaired) electrons. The summed E-state index contributed by atoms with van der Waals surface area (Å²) in [7, 11) is 3.08. The van der Waals surface area contributed by atoms with E-state index in [9.17, 15) is 9.59 Å². The van der Waals surface area contributed by atoms with Crippen molar-refractivity contribution in [2.75, 3.05) is 38.0 Å². The molecule has 0 fully saturated rings. The average Bonchev–Trinajstić information content (AvgIpc) is 2.67. The summed E-state index contributed by atoms with van der Waals surface area (Å²) >= 11 is 0. The van der Waals surface area contributed by atoms with E-state index in [0.29, 0.717) is 29.4 Å². The van der Waals surface area contributed by atoms with Crippen molar-refractivity contribution in [1.29, 1.82) is 0 Å². The van der Waals surface area contributed by atoms with Crippen LogP contribution in [0, 0.1) is 0 Å². The number of hydrogen-bond donors (Lipinski definition) is 2. The van der Waals surface area contributed by atoms with E-state index in [1.807, 2.05) is 0 Å². The smallest absolute Gasteiger partial charge is 0.338 e. The number of anilines is 2. The molecule has 0 atom stereocenters. The van der Waals surface area contributed by atoms with Gasteiger partial charge in [0.05, 0.1) is 38.6 Å². The van der Waals surface area contributed by atoms with E-state index in [2.05, 4.69) is 10.6 Å². The first kappa shape index (κ1) is 19.1. The topological polar surface area (TPSA) is 85.9 Å². The van der Waals surface area contributed by atoms with E-state index < -0.39 is 0 Å². The summed E-state index contributed by atoms with van der Waals surface area (Å²) < 4.78 is 15.3. The molecule has 2 N–H and O–H groups in total. The second-order valence-electron chi connectivity index (χ2n) is 5.27. The molecule has 0 saturated heterocycles. The highest BCUT2D eigenvalue weighted by Crippen LogP contribution is 2.28. The fourth-order valence-corrected chi connectivity index (χ4v) is 2.22. The molecule has 0 unspecified atom stereocenters. The van der Waals surface area contributed by atoms with Gasteiger partial charge in [-0.05, 0) is 43.3 Å². The molecule has 7 nitrogen and oxygen atoms in total. The lowest BCUT2D eigenvalue weighted by Gasteiger charge is -2.12. The van der Waals surface area contributed by atoms with Gasteiger partial charge in [0.2, 0.25) is 5.91 Å². The van der Waals surface area contributed by atoms with Crippen LogP contribution in [0.2, 0.25) is 0 Å². The van der Waals surface area contributed by atoms with Crippen molar-refractivity contribution < 1.29 is 23.8 Å². The van der Waals surface area contributed by atoms with Crippen molar-refractivity contribution in [3.63, 3.8) is 0 Å². The number of esters is 1. The second kappa shape index (κ2) is 9.31. The molecular weight excluding hydrogens is 336 g/mol. The molecule has 0 aliphatic carbocycles. The molecule has 0 bridgehead atoms. The maximum absolute atomic E-state index is 12.1. The van der Waals surface area contributed by atoms with Crippen LogP contribution in [0.4, 0.5) is 11.4 Å². The van der Waals surface area contributed by atoms with Crippen molar-refractivity contribution in [1.82, 2.24) is 0 Å². The standard InChI is InChI=1S/C19H22N2O5/c1-4-26-19(23)13-5-7-14(8-6-13)20-12-18(22)21-16-10-9-15(24-2)11-17(16)25-3/h5-11,20H,4,12H2,1-3H3,(H,21,22). The minimum Gasteiger partial charge on any atom is -0.497 e. The molecule has 1 amide bonds. The van der Waals surface area contributed by atoms with Crippen molar-refractivity contribution in [3.05, 3.63) is 48.0 Å². The molecule has 7 heteroatoms. The number of nitrogens with one attached hydrogen (secondary N) is 2. The highest BCUT2D eigenvalue weighted by Gasteiger charge is 2.09. The summed E-state index contributed by atoms with van der Waals surface area (Å²) in [4.78, 5) is 23.7. The van der Waals surface area contributed by atoms with Crippen LogP contribution >= 0.6 is 0 Å². The van der Waals surface area contributed by atoms with Gasteiger partial charge < -0.3 is 24.8 Å². The first-order valence-electron chi connectivity index (χ1n) is 8.10. The molecule has 0 aliphatic heterocycles. The zero-order valence-corrected chi connectivity index (χ0v) is 15.0. The molecule has 2 rings (SSSR count). The Labute approximate surface area is 152 Å². The van der Waals surface area contributed by atoms with E-state index in [1.54, 1.807) is 56.5 Å². The highest BCUT2D eigenvalue weighted by atomic mass is 16.5. The summed E-state index contributed by atoms with van der Waals surface area (Å²) in [6, 6.07) is 11.9. The van der Waals surface area contributed by atoms with Gasteiger partial charge in [-0.1, -0.05) is 0 Å². The number of methoxy groups -OCH3 is 2. The minimum absolute atomic E-state index is 0.0634. The minimum atomic E-state index is -0.372. The van der Waals surface area contributed by atoms with Gasteiger partial charge in [0.1, 0.15) is 11.5 Å². The lowest BCUT2D eigenvalue weighted by molar-refractivity contribution is -0.114. The normalized spacial score (nSPS) is 9.96. The molecule has 0 aromatic heterocycles. The van der Waals surface area contributed by atoms with E-state index in [-0.39, 0.29) is 18.4 Å². The number of rotatable bonds is 8. The Morgan fingerprint density at radius 2 is 1.73 bits per heavy atom. The van der Waals surface area contributed by atoms with E-state index >= 15 is 0 Å². The largest absolute Gasteiger partial charge is 0.497 e. The SMILES string of the molecule is CCOC(=O)c1ccc(NCC(=O)Nc2ccc(OC)cc2OC)cc1. The summed E-state index contributed by atoms with van der Waals surface area (Å²) in [5.41, 5.74) is 1.73. The van der Waals surface area contributed by atoms with Gasteiger partial charge in [0, 0.05) is 11.8 Å². The third-order valence-corrected chi connectivity index (χ3v) is 3.53. The Kier molecular flexibility index (Phi) is 6.84. The van der Waals surface area contributed by atoms with Crippen molar-refractivity contribution in [2.45, 2.75) is 6.92 Å². The summed E-state index contributed by atoms with van der Waals surface area (Å²) in [5, 5.41) is 5.77. The molecule has 0 aliphatic rings. The zero-order valence-electron chi connectivity index (χ0n) is 15.0. The fourth-order valence-electron chi connectivity index (χ4n) is 2.22. The van der Waals surface area contributed by atoms with Crippen LogP contribution in [0.3, 0.4) is 0 Å². The van der Waals surface area contributed by atoms with Crippen LogP contribution in [0.5, 0.6) is 11.5 Å². The Morgan fingerprint density at radius 1 is 1.00 bits per heavy atom. The second-order valence-corrected chi connectivity index (χ2v) is 5.27. The monoisotopic (exact) mass is 358 g/mol. The van der Waals surface area contributed by atoms with Gasteiger partial charge in [-0.15, -0.1) is 0 Å². The van der Waals surface area contributed by atoms with Crippen molar-refractivity contribution >= 4 is 23.3 Å². The predicted octanol–water partition coefficient (Wildman–Crippen LogP) is 2.93. The predicted molar refractivity (Wildman–Crippen MR) is 99.1 cm³/mol. The Balaban J connectivity index is 1.92. The van der Waals surface area contributed by atoms with Crippen LogP contribution in [0.1, 0.15) is 17.3 Å². The van der Waals surface area contributed by atoms with Gasteiger partial charge in [-0.25, -0.2) is 4.79 Å². The highest BCUT2D eigenvalue weighted by molar-refractivity contribution is 5.95. The first-order chi connectivity index (χ1) is 12.6. The number of carbonyl (C=O) groups excluding carboxylic acids is 2. The number of ether oxygens (including phenoxy) is 3. The Hall–Kier alpha value is -3.22. The Morgan fingerprint density at radius 3 is 2.35 bits per heavy atom. The number of amides is 1. The molecule has 2 aromatic rings. The summed E-state index contributed by atoms with van der Waals surface area (Å²) in [6.07, 6.45) is 0. The van der Waals surface area contributed by atoms with Gasteiger partial charge in [-0.2, -0.15) is 0 Å². The fraction of sp³-hybridized carbons (Fsp3) is 0.263. The van der Waals surface area contributed by atoms with E-state index in [4.69, 9.17) is 14.2 Å². The van der Waals surface area contributed by atoms with Gasteiger partial charge in [0.25, 0.3) is 0 Å². The van der Waals surface area contributed by atoms with Crippen LogP contribution < -0.4 is 20.1 Å². The summed E-state index contributed by atoms with van der Waals surface area (Å²) in [5.74, 6) is 0.544. The zero-order chi connectivity index (χ0) is 18.9. The number of hydrogen-bond acceptors (Lipinski definition) is 6. The van der Waals surface area contributed by atoms with E-state index in [1.165, 1.54) is 7.11 Å². The molecule has 26 heavy (non-hydrogen) atoms. The van der Waals surface area contributed by atoms with Gasteiger partial charge in [-0.3, -0.25) is 4.79 Å². The van der Waals surface area contributed by atoms with Crippen LogP contribution in [0.15, 0.2) is 42.5 Å². The molecule has 138 valence electrons. The first-order valence-corrected chi connectivity index (χ1v) is 8.10. The van der Waals surface area contributed by atoms with Crippen LogP contribution in [0.25, 0.3) is 0 Å². The third kappa shape index (κ3) is 5.14. The van der Waals surface area contributed by atoms with Gasteiger partial charge >= 0.3 is 5.97 Å². The Bertz CT molecular complexity index is 759. The molecular formula is C19H22N2O5. The van der Waals surface area contributed by atoms with Crippen molar-refractivity contribution in [2.24, 2.45) is 0 Å². The maximum atomic E-state index is 12.1. The van der Waals surface area contributed by atoms with Crippen LogP contribution in [-0.2, 0) is 9.53 Å². The quantitative estimate of drug-likeness (QED) is 0.706. The lowest BCUT2D eigenvalue weighted by atomic mass is 10.2. The molecule has 0 heterocycles. The lowest BCUT2D eigenvalue weighted by Crippen LogP contribution is -2.22. The van der Waals surface area contributed by atoms with Gasteiger partial charge in [0.15, 0.2) is 0 Å². The summed E-state index contributed by atoms with van der Waals surface area (Å²) in [6.45, 7) is 2.14. The van der Waals surface area contributed by atoms with E-state index in [0.717, 1.165) is 5.69 Å². The number of carbonyl (C=O) groups is 2. The number of benzene rings is 2. The van der Waals surface area contributed by atoms with Crippen molar-refractivity contribution in [3.8, 4) is 11.5 Å². The molecule has 2 aromatic carbocycles.